The maximum atomic E-state index is 12.2. The number of hydrogen-bond donors (Lipinski definition) is 0. The summed E-state index contributed by atoms with van der Waals surface area (Å²) in [4.78, 5) is 13.8. The van der Waals surface area contributed by atoms with Crippen molar-refractivity contribution in [2.75, 3.05) is 14.1 Å². The van der Waals surface area contributed by atoms with Gasteiger partial charge in [-0.15, -0.1) is 0 Å². The maximum Gasteiger partial charge on any atom is 0.223 e. The van der Waals surface area contributed by atoms with E-state index in [0.717, 1.165) is 6.42 Å². The number of fused-ring (bicyclic) bond motifs is 2. The highest BCUT2D eigenvalue weighted by atomic mass is 16.2. The van der Waals surface area contributed by atoms with Crippen molar-refractivity contribution in [3.63, 3.8) is 0 Å². The van der Waals surface area contributed by atoms with Gasteiger partial charge >= 0.3 is 0 Å². The van der Waals surface area contributed by atoms with Crippen molar-refractivity contribution in [2.45, 2.75) is 18.8 Å². The number of benzene rings is 2. The normalized spacial score (nSPS) is 13.5. The van der Waals surface area contributed by atoms with Crippen molar-refractivity contribution in [1.82, 2.24) is 4.90 Å². The number of rotatable bonds is 2. The van der Waals surface area contributed by atoms with E-state index in [1.165, 1.54) is 22.3 Å². The molecule has 1 aliphatic carbocycles. The van der Waals surface area contributed by atoms with Crippen LogP contribution in [0, 0.1) is 0 Å². The number of nitrogens with zero attached hydrogens (tertiary/aromatic N) is 1. The van der Waals surface area contributed by atoms with Gasteiger partial charge in [0.25, 0.3) is 0 Å². The minimum Gasteiger partial charge on any atom is -0.349 e. The Bertz CT molecular complexity index is 600. The standard InChI is InChI=1S/C18H19NO/c1-19(2)18(20)12-17-15-9-5-3-7-13(15)11-14-8-4-6-10-16(14)17/h3-10,17H,11-12H2,1-2H3. The van der Waals surface area contributed by atoms with Crippen LogP contribution in [0.25, 0.3) is 0 Å². The summed E-state index contributed by atoms with van der Waals surface area (Å²) in [7, 11) is 3.64. The van der Waals surface area contributed by atoms with Gasteiger partial charge in [0, 0.05) is 26.4 Å². The summed E-state index contributed by atoms with van der Waals surface area (Å²) in [6.45, 7) is 0. The molecule has 0 aromatic heterocycles. The van der Waals surface area contributed by atoms with Gasteiger partial charge in [0.05, 0.1) is 0 Å². The largest absolute Gasteiger partial charge is 0.349 e. The van der Waals surface area contributed by atoms with Gasteiger partial charge in [-0.3, -0.25) is 4.79 Å². The monoisotopic (exact) mass is 265 g/mol. The summed E-state index contributed by atoms with van der Waals surface area (Å²) in [6.07, 6.45) is 1.51. The Morgan fingerprint density at radius 2 is 1.50 bits per heavy atom. The van der Waals surface area contributed by atoms with E-state index in [9.17, 15) is 4.79 Å². The van der Waals surface area contributed by atoms with Gasteiger partial charge < -0.3 is 4.90 Å². The Morgan fingerprint density at radius 3 is 2.00 bits per heavy atom. The minimum absolute atomic E-state index is 0.182. The van der Waals surface area contributed by atoms with Crippen LogP contribution in [0.4, 0.5) is 0 Å². The van der Waals surface area contributed by atoms with E-state index in [0.29, 0.717) is 6.42 Å². The molecule has 0 aliphatic heterocycles. The van der Waals surface area contributed by atoms with Crippen LogP contribution in [-0.4, -0.2) is 24.9 Å². The first kappa shape index (κ1) is 12.9. The molecule has 102 valence electrons. The Morgan fingerprint density at radius 1 is 1.00 bits per heavy atom. The molecule has 2 nitrogen and oxygen atoms in total. The van der Waals surface area contributed by atoms with E-state index in [1.54, 1.807) is 4.90 Å². The molecule has 0 bridgehead atoms. The van der Waals surface area contributed by atoms with Gasteiger partial charge in [0.1, 0.15) is 0 Å². The maximum absolute atomic E-state index is 12.2. The van der Waals surface area contributed by atoms with E-state index in [-0.39, 0.29) is 11.8 Å². The van der Waals surface area contributed by atoms with Crippen LogP contribution >= 0.6 is 0 Å². The van der Waals surface area contributed by atoms with E-state index < -0.39 is 0 Å². The third-order valence-corrected chi connectivity index (χ3v) is 4.12. The second-order valence-corrected chi connectivity index (χ2v) is 5.62. The molecule has 2 heteroatoms. The Kier molecular flexibility index (Phi) is 3.31. The zero-order valence-electron chi connectivity index (χ0n) is 12.0. The lowest BCUT2D eigenvalue weighted by atomic mass is 9.76. The number of carbonyl (C=O) groups is 1. The van der Waals surface area contributed by atoms with Gasteiger partial charge in [0.2, 0.25) is 5.91 Å². The Hall–Kier alpha value is -2.09. The van der Waals surface area contributed by atoms with Gasteiger partial charge in [-0.2, -0.15) is 0 Å². The number of amides is 1. The average Bonchev–Trinajstić information content (AvgIpc) is 2.46. The van der Waals surface area contributed by atoms with Crippen molar-refractivity contribution in [2.24, 2.45) is 0 Å². The van der Waals surface area contributed by atoms with Gasteiger partial charge in [0.15, 0.2) is 0 Å². The molecule has 2 aromatic carbocycles. The van der Waals surface area contributed by atoms with Gasteiger partial charge in [-0.25, -0.2) is 0 Å². The first-order valence-corrected chi connectivity index (χ1v) is 7.02. The molecule has 0 spiro atoms. The SMILES string of the molecule is CN(C)C(=O)CC1c2ccccc2Cc2ccccc21. The summed E-state index contributed by atoms with van der Waals surface area (Å²) in [5.41, 5.74) is 5.31. The predicted molar refractivity (Wildman–Crippen MR) is 80.8 cm³/mol. The van der Waals surface area contributed by atoms with Crippen LogP contribution in [0.3, 0.4) is 0 Å². The Balaban J connectivity index is 2.05. The van der Waals surface area contributed by atoms with E-state index in [4.69, 9.17) is 0 Å². The zero-order valence-corrected chi connectivity index (χ0v) is 12.0. The number of carbonyl (C=O) groups excluding carboxylic acids is 1. The molecule has 0 saturated heterocycles. The molecule has 0 radical (unpaired) electrons. The van der Waals surface area contributed by atoms with Crippen LogP contribution in [0.2, 0.25) is 0 Å². The van der Waals surface area contributed by atoms with Crippen molar-refractivity contribution in [3.05, 3.63) is 70.8 Å². The molecule has 0 atom stereocenters. The molecule has 1 aliphatic rings. The fraction of sp³-hybridized carbons (Fsp3) is 0.278. The molecule has 0 unspecified atom stereocenters. The molecule has 0 saturated carbocycles. The minimum atomic E-state index is 0.182. The van der Waals surface area contributed by atoms with Crippen molar-refractivity contribution < 1.29 is 4.79 Å². The summed E-state index contributed by atoms with van der Waals surface area (Å²) >= 11 is 0. The second kappa shape index (κ2) is 5.12. The average molecular weight is 265 g/mol. The summed E-state index contributed by atoms with van der Waals surface area (Å²) in [5, 5.41) is 0. The molecular weight excluding hydrogens is 246 g/mol. The third-order valence-electron chi connectivity index (χ3n) is 4.12. The van der Waals surface area contributed by atoms with E-state index in [1.807, 2.05) is 14.1 Å². The van der Waals surface area contributed by atoms with Crippen molar-refractivity contribution in [3.8, 4) is 0 Å². The third kappa shape index (κ3) is 2.22. The number of hydrogen-bond acceptors (Lipinski definition) is 1. The van der Waals surface area contributed by atoms with E-state index in [2.05, 4.69) is 48.5 Å². The highest BCUT2D eigenvalue weighted by Gasteiger charge is 2.27. The lowest BCUT2D eigenvalue weighted by Gasteiger charge is -2.29. The summed E-state index contributed by atoms with van der Waals surface area (Å²) in [6, 6.07) is 17.0. The fourth-order valence-electron chi connectivity index (χ4n) is 3.02. The molecule has 1 amide bonds. The fourth-order valence-corrected chi connectivity index (χ4v) is 3.02. The molecule has 20 heavy (non-hydrogen) atoms. The van der Waals surface area contributed by atoms with Crippen molar-refractivity contribution in [1.29, 1.82) is 0 Å². The van der Waals surface area contributed by atoms with Crippen LogP contribution in [-0.2, 0) is 11.2 Å². The van der Waals surface area contributed by atoms with Crippen LogP contribution < -0.4 is 0 Å². The summed E-state index contributed by atoms with van der Waals surface area (Å²) in [5.74, 6) is 0.368. The first-order valence-electron chi connectivity index (χ1n) is 7.02. The van der Waals surface area contributed by atoms with Crippen LogP contribution in [0.15, 0.2) is 48.5 Å². The van der Waals surface area contributed by atoms with Gasteiger partial charge in [-0.05, 0) is 28.7 Å². The van der Waals surface area contributed by atoms with Crippen molar-refractivity contribution >= 4 is 5.91 Å². The molecule has 0 fully saturated rings. The molecular formula is C18H19NO. The van der Waals surface area contributed by atoms with E-state index >= 15 is 0 Å². The van der Waals surface area contributed by atoms with Crippen LogP contribution in [0.5, 0.6) is 0 Å². The Labute approximate surface area is 120 Å². The zero-order chi connectivity index (χ0) is 14.1. The lowest BCUT2D eigenvalue weighted by Crippen LogP contribution is -2.25. The quantitative estimate of drug-likeness (QED) is 0.816. The highest BCUT2D eigenvalue weighted by Crippen LogP contribution is 2.38. The molecule has 0 N–H and O–H groups in total. The highest BCUT2D eigenvalue weighted by molar-refractivity contribution is 5.77. The smallest absolute Gasteiger partial charge is 0.223 e. The molecule has 0 heterocycles. The molecule has 2 aromatic rings. The predicted octanol–water partition coefficient (Wildman–Crippen LogP) is 3.20. The lowest BCUT2D eigenvalue weighted by molar-refractivity contribution is -0.128. The second-order valence-electron chi connectivity index (χ2n) is 5.62. The first-order chi connectivity index (χ1) is 9.66. The molecule has 3 rings (SSSR count). The summed E-state index contributed by atoms with van der Waals surface area (Å²) < 4.78 is 0. The van der Waals surface area contributed by atoms with Crippen LogP contribution in [0.1, 0.15) is 34.6 Å². The topological polar surface area (TPSA) is 20.3 Å². The van der Waals surface area contributed by atoms with Gasteiger partial charge in [-0.1, -0.05) is 48.5 Å².